The average Bonchev–Trinajstić information content (AvgIpc) is 2.29. The van der Waals surface area contributed by atoms with Crippen molar-refractivity contribution in [1.82, 2.24) is 10.2 Å². The van der Waals surface area contributed by atoms with Gasteiger partial charge in [0, 0.05) is 25.2 Å². The van der Waals surface area contributed by atoms with Gasteiger partial charge in [-0.05, 0) is 39.7 Å². The molecule has 1 N–H and O–H groups in total. The number of unbranched alkanes of at least 4 members (excludes halogenated alkanes) is 1. The van der Waals surface area contributed by atoms with E-state index in [2.05, 4.69) is 31.0 Å². The predicted molar refractivity (Wildman–Crippen MR) is 71.9 cm³/mol. The van der Waals surface area contributed by atoms with Gasteiger partial charge in [0.1, 0.15) is 0 Å². The van der Waals surface area contributed by atoms with Crippen molar-refractivity contribution < 1.29 is 0 Å². The second kappa shape index (κ2) is 8.08. The Labute approximate surface area is 102 Å². The van der Waals surface area contributed by atoms with Gasteiger partial charge in [0.25, 0.3) is 0 Å². The first-order chi connectivity index (χ1) is 7.74. The van der Waals surface area contributed by atoms with Gasteiger partial charge >= 0.3 is 0 Å². The number of hydrogen-bond donors (Lipinski definition) is 1. The lowest BCUT2D eigenvalue weighted by Gasteiger charge is -2.33. The first kappa shape index (κ1) is 14.0. The van der Waals surface area contributed by atoms with E-state index in [9.17, 15) is 0 Å². The Morgan fingerprint density at radius 3 is 2.88 bits per heavy atom. The van der Waals surface area contributed by atoms with Crippen LogP contribution in [0.15, 0.2) is 0 Å². The molecule has 0 amide bonds. The Hall–Kier alpha value is -0.0800. The zero-order chi connectivity index (χ0) is 11.8. The van der Waals surface area contributed by atoms with E-state index in [0.29, 0.717) is 6.04 Å². The molecule has 0 aromatic rings. The molecule has 0 saturated carbocycles. The number of nitrogens with one attached hydrogen (secondary N) is 1. The average molecular weight is 226 g/mol. The summed E-state index contributed by atoms with van der Waals surface area (Å²) < 4.78 is 0. The van der Waals surface area contributed by atoms with Gasteiger partial charge in [-0.1, -0.05) is 26.2 Å². The minimum atomic E-state index is 0.694. The van der Waals surface area contributed by atoms with E-state index in [4.69, 9.17) is 0 Å². The minimum absolute atomic E-state index is 0.694. The van der Waals surface area contributed by atoms with Crippen LogP contribution in [-0.4, -0.2) is 36.6 Å². The first-order valence-electron chi connectivity index (χ1n) is 7.21. The molecule has 16 heavy (non-hydrogen) atoms. The Morgan fingerprint density at radius 2 is 2.19 bits per heavy atom. The third-order valence-corrected chi connectivity index (χ3v) is 3.82. The molecular formula is C14H30N2. The monoisotopic (exact) mass is 226 g/mol. The van der Waals surface area contributed by atoms with Crippen LogP contribution < -0.4 is 5.32 Å². The molecule has 0 aliphatic carbocycles. The molecule has 1 fully saturated rings. The summed E-state index contributed by atoms with van der Waals surface area (Å²) in [5, 5.41) is 3.64. The lowest BCUT2D eigenvalue weighted by molar-refractivity contribution is 0.160. The molecular weight excluding hydrogens is 196 g/mol. The molecule has 0 bridgehead atoms. The van der Waals surface area contributed by atoms with Crippen molar-refractivity contribution in [3.05, 3.63) is 0 Å². The molecule has 0 aromatic carbocycles. The zero-order valence-corrected chi connectivity index (χ0v) is 11.5. The van der Waals surface area contributed by atoms with Gasteiger partial charge in [0.2, 0.25) is 0 Å². The van der Waals surface area contributed by atoms with Crippen LogP contribution in [-0.2, 0) is 0 Å². The molecule has 1 rings (SSSR count). The normalized spacial score (nSPS) is 24.6. The Bertz CT molecular complexity index is 170. The van der Waals surface area contributed by atoms with Crippen molar-refractivity contribution in [3.63, 3.8) is 0 Å². The quantitative estimate of drug-likeness (QED) is 0.718. The second-order valence-corrected chi connectivity index (χ2v) is 5.38. The molecule has 1 heterocycles. The molecule has 2 heteroatoms. The van der Waals surface area contributed by atoms with Crippen LogP contribution in [0.4, 0.5) is 0 Å². The molecule has 2 atom stereocenters. The van der Waals surface area contributed by atoms with Gasteiger partial charge in [0.15, 0.2) is 0 Å². The lowest BCUT2D eigenvalue weighted by Crippen LogP contribution is -2.42. The van der Waals surface area contributed by atoms with Crippen LogP contribution in [0.1, 0.15) is 59.3 Å². The van der Waals surface area contributed by atoms with Gasteiger partial charge < -0.3 is 5.32 Å². The molecule has 1 aliphatic heterocycles. The molecule has 2 nitrogen and oxygen atoms in total. The van der Waals surface area contributed by atoms with Gasteiger partial charge in [0.05, 0.1) is 0 Å². The van der Waals surface area contributed by atoms with Crippen LogP contribution in [0, 0.1) is 0 Å². The smallest absolute Gasteiger partial charge is 0.0110 e. The summed E-state index contributed by atoms with van der Waals surface area (Å²) in [5.74, 6) is 0. The Morgan fingerprint density at radius 1 is 1.38 bits per heavy atom. The first-order valence-corrected chi connectivity index (χ1v) is 7.21. The highest BCUT2D eigenvalue weighted by atomic mass is 15.2. The molecule has 2 unspecified atom stereocenters. The molecule has 1 saturated heterocycles. The van der Waals surface area contributed by atoms with Gasteiger partial charge in [-0.2, -0.15) is 0 Å². The third kappa shape index (κ3) is 5.31. The zero-order valence-electron chi connectivity index (χ0n) is 11.5. The summed E-state index contributed by atoms with van der Waals surface area (Å²) in [7, 11) is 0. The highest BCUT2D eigenvalue weighted by Crippen LogP contribution is 2.15. The summed E-state index contributed by atoms with van der Waals surface area (Å²) in [6.07, 6.45) is 8.22. The van der Waals surface area contributed by atoms with Crippen LogP contribution in [0.3, 0.4) is 0 Å². The largest absolute Gasteiger partial charge is 0.313 e. The number of nitrogens with zero attached hydrogens (tertiary/aromatic N) is 1. The van der Waals surface area contributed by atoms with E-state index in [0.717, 1.165) is 12.6 Å². The van der Waals surface area contributed by atoms with Crippen LogP contribution in [0.2, 0.25) is 0 Å². The topological polar surface area (TPSA) is 15.3 Å². The lowest BCUT2D eigenvalue weighted by atomic mass is 10.0. The number of likely N-dealkylation sites (tertiary alicyclic amines) is 1. The summed E-state index contributed by atoms with van der Waals surface area (Å²) in [6.45, 7) is 10.7. The van der Waals surface area contributed by atoms with E-state index in [1.54, 1.807) is 0 Å². The van der Waals surface area contributed by atoms with Crippen LogP contribution in [0.25, 0.3) is 0 Å². The van der Waals surface area contributed by atoms with E-state index >= 15 is 0 Å². The Kier molecular flexibility index (Phi) is 7.06. The van der Waals surface area contributed by atoms with Crippen molar-refractivity contribution in [2.24, 2.45) is 0 Å². The fourth-order valence-corrected chi connectivity index (χ4v) is 2.56. The van der Waals surface area contributed by atoms with Crippen molar-refractivity contribution in [3.8, 4) is 0 Å². The number of piperidine rings is 1. The summed E-state index contributed by atoms with van der Waals surface area (Å²) in [5.41, 5.74) is 0. The molecule has 0 aromatic heterocycles. The highest BCUT2D eigenvalue weighted by molar-refractivity contribution is 4.74. The maximum absolute atomic E-state index is 3.64. The maximum Gasteiger partial charge on any atom is 0.0110 e. The maximum atomic E-state index is 3.64. The predicted octanol–water partition coefficient (Wildman–Crippen LogP) is 3.03. The Balaban J connectivity index is 2.05. The van der Waals surface area contributed by atoms with Crippen molar-refractivity contribution >= 4 is 0 Å². The standard InChI is InChI=1S/C14H30N2/c1-4-5-8-13(2)15-10-12-16-11-7-6-9-14(16)3/h13-15H,4-12H2,1-3H3. The SMILES string of the molecule is CCCCC(C)NCCN1CCCCC1C. The van der Waals surface area contributed by atoms with Gasteiger partial charge in [-0.3, -0.25) is 4.90 Å². The third-order valence-electron chi connectivity index (χ3n) is 3.82. The van der Waals surface area contributed by atoms with Crippen molar-refractivity contribution in [2.75, 3.05) is 19.6 Å². The van der Waals surface area contributed by atoms with Gasteiger partial charge in [-0.25, -0.2) is 0 Å². The van der Waals surface area contributed by atoms with E-state index in [1.807, 2.05) is 0 Å². The highest BCUT2D eigenvalue weighted by Gasteiger charge is 2.17. The molecule has 96 valence electrons. The van der Waals surface area contributed by atoms with E-state index in [-0.39, 0.29) is 0 Å². The van der Waals surface area contributed by atoms with Crippen molar-refractivity contribution in [2.45, 2.75) is 71.4 Å². The summed E-state index contributed by atoms with van der Waals surface area (Å²) in [4.78, 5) is 2.64. The van der Waals surface area contributed by atoms with Crippen LogP contribution >= 0.6 is 0 Å². The van der Waals surface area contributed by atoms with Crippen LogP contribution in [0.5, 0.6) is 0 Å². The fraction of sp³-hybridized carbons (Fsp3) is 1.00. The number of rotatable bonds is 7. The van der Waals surface area contributed by atoms with E-state index in [1.165, 1.54) is 51.6 Å². The van der Waals surface area contributed by atoms with Crippen molar-refractivity contribution in [1.29, 1.82) is 0 Å². The molecule has 1 aliphatic rings. The van der Waals surface area contributed by atoms with E-state index < -0.39 is 0 Å². The second-order valence-electron chi connectivity index (χ2n) is 5.38. The molecule has 0 spiro atoms. The summed E-state index contributed by atoms with van der Waals surface area (Å²) in [6, 6.07) is 1.50. The van der Waals surface area contributed by atoms with Gasteiger partial charge in [-0.15, -0.1) is 0 Å². The minimum Gasteiger partial charge on any atom is -0.313 e. The number of hydrogen-bond acceptors (Lipinski definition) is 2. The summed E-state index contributed by atoms with van der Waals surface area (Å²) >= 11 is 0. The molecule has 0 radical (unpaired) electrons. The fourth-order valence-electron chi connectivity index (χ4n) is 2.56.